The number of hydrogen-bond donors (Lipinski definition) is 2. The van der Waals surface area contributed by atoms with Gasteiger partial charge in [-0.15, -0.1) is 0 Å². The van der Waals surface area contributed by atoms with E-state index >= 15 is 0 Å². The van der Waals surface area contributed by atoms with Crippen LogP contribution >= 0.6 is 11.6 Å². The molecular formula is C12H19ClN2O. The first-order valence-corrected chi connectivity index (χ1v) is 5.84. The average Bonchev–Trinajstić information content (AvgIpc) is 2.14. The van der Waals surface area contributed by atoms with Crippen molar-refractivity contribution in [1.82, 2.24) is 4.98 Å². The predicted molar refractivity (Wildman–Crippen MR) is 67.8 cm³/mol. The molecule has 16 heavy (non-hydrogen) atoms. The van der Waals surface area contributed by atoms with Gasteiger partial charge in [0.1, 0.15) is 0 Å². The topological polar surface area (TPSA) is 45.1 Å². The lowest BCUT2D eigenvalue weighted by molar-refractivity contribution is 0.0515. The lowest BCUT2D eigenvalue weighted by Gasteiger charge is -2.26. The number of nitrogens with zero attached hydrogens (tertiary/aromatic N) is 1. The summed E-state index contributed by atoms with van der Waals surface area (Å²) in [5.41, 5.74) is 0.0847. The molecule has 1 rings (SSSR count). The molecule has 4 heteroatoms. The first-order valence-electron chi connectivity index (χ1n) is 5.46. The minimum Gasteiger partial charge on any atom is -0.388 e. The van der Waals surface area contributed by atoms with Crippen LogP contribution in [0.15, 0.2) is 18.5 Å². The van der Waals surface area contributed by atoms with Crippen molar-refractivity contribution in [1.29, 1.82) is 0 Å². The Morgan fingerprint density at radius 2 is 2.25 bits per heavy atom. The summed E-state index contributed by atoms with van der Waals surface area (Å²) >= 11 is 5.95. The molecule has 0 saturated carbocycles. The summed E-state index contributed by atoms with van der Waals surface area (Å²) < 4.78 is 0. The van der Waals surface area contributed by atoms with Crippen LogP contribution in [0.25, 0.3) is 0 Å². The number of anilines is 1. The molecule has 1 aromatic heterocycles. The van der Waals surface area contributed by atoms with Crippen LogP contribution in [0.5, 0.6) is 0 Å². The molecule has 3 nitrogen and oxygen atoms in total. The molecule has 0 fully saturated rings. The smallest absolute Gasteiger partial charge is 0.0820 e. The summed E-state index contributed by atoms with van der Waals surface area (Å²) in [6, 6.07) is 1.80. The van der Waals surface area contributed by atoms with Gasteiger partial charge in [-0.05, 0) is 25.3 Å². The van der Waals surface area contributed by atoms with Crippen LogP contribution in [0.4, 0.5) is 5.69 Å². The second kappa shape index (κ2) is 5.51. The molecule has 0 amide bonds. The molecule has 0 radical (unpaired) electrons. The van der Waals surface area contributed by atoms with Crippen molar-refractivity contribution >= 4 is 17.3 Å². The minimum absolute atomic E-state index is 0.463. The number of aliphatic hydroxyl groups is 1. The van der Waals surface area contributed by atoms with E-state index in [9.17, 15) is 5.11 Å². The van der Waals surface area contributed by atoms with Gasteiger partial charge in [0.15, 0.2) is 0 Å². The van der Waals surface area contributed by atoms with Gasteiger partial charge in [-0.1, -0.05) is 25.4 Å². The minimum atomic E-state index is -0.721. The predicted octanol–water partition coefficient (Wildman–Crippen LogP) is 2.94. The fraction of sp³-hybridized carbons (Fsp3) is 0.583. The molecule has 1 heterocycles. The van der Waals surface area contributed by atoms with E-state index in [1.54, 1.807) is 18.5 Å². The average molecular weight is 243 g/mol. The normalized spacial score (nSPS) is 14.9. The highest BCUT2D eigenvalue weighted by Crippen LogP contribution is 2.22. The first-order chi connectivity index (χ1) is 7.41. The van der Waals surface area contributed by atoms with Gasteiger partial charge in [0.05, 0.1) is 16.3 Å². The van der Waals surface area contributed by atoms with Gasteiger partial charge in [0.2, 0.25) is 0 Å². The van der Waals surface area contributed by atoms with Crippen molar-refractivity contribution in [3.8, 4) is 0 Å². The second-order valence-electron chi connectivity index (χ2n) is 4.80. The molecule has 0 saturated heterocycles. The number of rotatable bonds is 5. The molecule has 0 bridgehead atoms. The molecule has 1 atom stereocenters. The van der Waals surface area contributed by atoms with E-state index in [1.165, 1.54) is 0 Å². The van der Waals surface area contributed by atoms with Gasteiger partial charge in [0, 0.05) is 18.9 Å². The van der Waals surface area contributed by atoms with Crippen molar-refractivity contribution in [2.45, 2.75) is 32.8 Å². The molecular weight excluding hydrogens is 224 g/mol. The SMILES string of the molecule is CC(C)CC(C)(O)CNc1ccncc1Cl. The molecule has 2 N–H and O–H groups in total. The van der Waals surface area contributed by atoms with E-state index in [-0.39, 0.29) is 0 Å². The van der Waals surface area contributed by atoms with Gasteiger partial charge in [-0.3, -0.25) is 4.98 Å². The molecule has 0 aromatic carbocycles. The van der Waals surface area contributed by atoms with E-state index < -0.39 is 5.60 Å². The Kier molecular flexibility index (Phi) is 4.56. The fourth-order valence-corrected chi connectivity index (χ4v) is 1.94. The summed E-state index contributed by atoms with van der Waals surface area (Å²) in [5, 5.41) is 13.8. The van der Waals surface area contributed by atoms with Gasteiger partial charge in [-0.25, -0.2) is 0 Å². The van der Waals surface area contributed by atoms with E-state index in [1.807, 2.05) is 6.92 Å². The Labute approximate surface area is 102 Å². The Morgan fingerprint density at radius 1 is 1.56 bits per heavy atom. The number of aromatic nitrogens is 1. The first kappa shape index (κ1) is 13.3. The third-order valence-electron chi connectivity index (χ3n) is 2.28. The summed E-state index contributed by atoms with van der Waals surface area (Å²) in [6.45, 7) is 6.49. The maximum Gasteiger partial charge on any atom is 0.0820 e. The van der Waals surface area contributed by atoms with E-state index in [0.29, 0.717) is 17.5 Å². The van der Waals surface area contributed by atoms with Crippen LogP contribution in [0.2, 0.25) is 5.02 Å². The van der Waals surface area contributed by atoms with Crippen molar-refractivity contribution in [2.75, 3.05) is 11.9 Å². The highest BCUT2D eigenvalue weighted by molar-refractivity contribution is 6.33. The zero-order valence-electron chi connectivity index (χ0n) is 10.00. The highest BCUT2D eigenvalue weighted by atomic mass is 35.5. The molecule has 1 aromatic rings. The largest absolute Gasteiger partial charge is 0.388 e. The molecule has 0 aliphatic carbocycles. The van der Waals surface area contributed by atoms with Crippen LogP contribution in [0, 0.1) is 5.92 Å². The summed E-state index contributed by atoms with van der Waals surface area (Å²) in [7, 11) is 0. The molecule has 1 unspecified atom stereocenters. The molecule has 90 valence electrons. The van der Waals surface area contributed by atoms with Gasteiger partial charge < -0.3 is 10.4 Å². The third-order valence-corrected chi connectivity index (χ3v) is 2.58. The summed E-state index contributed by atoms with van der Waals surface area (Å²) in [6.07, 6.45) is 4.01. The van der Waals surface area contributed by atoms with Crippen molar-refractivity contribution in [3.05, 3.63) is 23.5 Å². The van der Waals surface area contributed by atoms with Crippen LogP contribution in [0.1, 0.15) is 27.2 Å². The molecule has 0 aliphatic rings. The zero-order chi connectivity index (χ0) is 12.2. The third kappa shape index (κ3) is 4.37. The Hall–Kier alpha value is -0.800. The summed E-state index contributed by atoms with van der Waals surface area (Å²) in [4.78, 5) is 3.90. The van der Waals surface area contributed by atoms with Gasteiger partial charge >= 0.3 is 0 Å². The van der Waals surface area contributed by atoms with Crippen molar-refractivity contribution in [2.24, 2.45) is 5.92 Å². The van der Waals surface area contributed by atoms with E-state index in [0.717, 1.165) is 12.1 Å². The monoisotopic (exact) mass is 242 g/mol. The van der Waals surface area contributed by atoms with Crippen molar-refractivity contribution in [3.63, 3.8) is 0 Å². The lowest BCUT2D eigenvalue weighted by Crippen LogP contribution is -2.34. The maximum absolute atomic E-state index is 10.1. The summed E-state index contributed by atoms with van der Waals surface area (Å²) in [5.74, 6) is 0.463. The molecule has 0 spiro atoms. The Bertz CT molecular complexity index is 340. The highest BCUT2D eigenvalue weighted by Gasteiger charge is 2.21. The number of halogens is 1. The number of nitrogens with one attached hydrogen (secondary N) is 1. The van der Waals surface area contributed by atoms with Crippen molar-refractivity contribution < 1.29 is 5.11 Å². The fourth-order valence-electron chi connectivity index (χ4n) is 1.76. The number of pyridine rings is 1. The van der Waals surface area contributed by atoms with Crippen LogP contribution in [0.3, 0.4) is 0 Å². The Balaban J connectivity index is 2.54. The zero-order valence-corrected chi connectivity index (χ0v) is 10.8. The Morgan fingerprint density at radius 3 is 2.81 bits per heavy atom. The van der Waals surface area contributed by atoms with Crippen LogP contribution in [-0.2, 0) is 0 Å². The molecule has 0 aliphatic heterocycles. The number of hydrogen-bond acceptors (Lipinski definition) is 3. The van der Waals surface area contributed by atoms with Crippen LogP contribution in [-0.4, -0.2) is 22.2 Å². The second-order valence-corrected chi connectivity index (χ2v) is 5.21. The standard InChI is InChI=1S/C12H19ClN2O/c1-9(2)6-12(3,16)8-15-11-4-5-14-7-10(11)13/h4-5,7,9,16H,6,8H2,1-3H3,(H,14,15). The van der Waals surface area contributed by atoms with Gasteiger partial charge in [-0.2, -0.15) is 0 Å². The van der Waals surface area contributed by atoms with E-state index in [2.05, 4.69) is 24.1 Å². The van der Waals surface area contributed by atoms with E-state index in [4.69, 9.17) is 11.6 Å². The van der Waals surface area contributed by atoms with Gasteiger partial charge in [0.25, 0.3) is 0 Å². The maximum atomic E-state index is 10.1. The van der Waals surface area contributed by atoms with Crippen LogP contribution < -0.4 is 5.32 Å². The quantitative estimate of drug-likeness (QED) is 0.835. The lowest BCUT2D eigenvalue weighted by atomic mass is 9.94.